The molecule has 2 aliphatic carbocycles. The molecule has 0 bridgehead atoms. The van der Waals surface area contributed by atoms with Crippen molar-refractivity contribution in [3.05, 3.63) is 0 Å². The summed E-state index contributed by atoms with van der Waals surface area (Å²) in [5.41, 5.74) is 0. The van der Waals surface area contributed by atoms with Crippen LogP contribution in [0.4, 0.5) is 0 Å². The molecule has 2 aliphatic rings. The fraction of sp³-hybridized carbons (Fsp3) is 0.909. The van der Waals surface area contributed by atoms with Gasteiger partial charge in [-0.05, 0) is 25.7 Å². The lowest BCUT2D eigenvalue weighted by atomic mass is 10.1. The first-order valence-corrected chi connectivity index (χ1v) is 6.23. The van der Waals surface area contributed by atoms with Crippen LogP contribution in [0, 0.1) is 5.92 Å². The summed E-state index contributed by atoms with van der Waals surface area (Å²) < 4.78 is 0. The molecule has 2 nitrogen and oxygen atoms in total. The van der Waals surface area contributed by atoms with Crippen molar-refractivity contribution in [2.24, 2.45) is 5.92 Å². The number of alkyl halides is 1. The first kappa shape index (κ1) is 10.3. The van der Waals surface area contributed by atoms with Gasteiger partial charge in [-0.2, -0.15) is 0 Å². The Hall–Kier alpha value is -0.240. The molecular formula is C11H18ClNO. The van der Waals surface area contributed by atoms with E-state index < -0.39 is 0 Å². The lowest BCUT2D eigenvalue weighted by Gasteiger charge is -2.24. The van der Waals surface area contributed by atoms with E-state index in [0.717, 1.165) is 19.4 Å². The first-order valence-electron chi connectivity index (χ1n) is 5.69. The normalized spacial score (nSPS) is 22.6. The Labute approximate surface area is 90.6 Å². The molecule has 0 aliphatic heterocycles. The molecule has 0 aromatic heterocycles. The molecular weight excluding hydrogens is 198 g/mol. The van der Waals surface area contributed by atoms with Gasteiger partial charge in [0, 0.05) is 24.4 Å². The fourth-order valence-electron chi connectivity index (χ4n) is 2.36. The van der Waals surface area contributed by atoms with Gasteiger partial charge in [0.05, 0.1) is 0 Å². The van der Waals surface area contributed by atoms with Gasteiger partial charge >= 0.3 is 0 Å². The summed E-state index contributed by atoms with van der Waals surface area (Å²) in [4.78, 5) is 14.1. The average Bonchev–Trinajstić information content (AvgIpc) is 2.88. The van der Waals surface area contributed by atoms with E-state index in [2.05, 4.69) is 0 Å². The van der Waals surface area contributed by atoms with Gasteiger partial charge in [0.2, 0.25) is 5.91 Å². The zero-order valence-electron chi connectivity index (χ0n) is 8.54. The minimum Gasteiger partial charge on any atom is -0.338 e. The quantitative estimate of drug-likeness (QED) is 0.660. The van der Waals surface area contributed by atoms with Gasteiger partial charge in [-0.3, -0.25) is 4.79 Å². The number of nitrogens with zero attached hydrogens (tertiary/aromatic N) is 1. The van der Waals surface area contributed by atoms with Crippen LogP contribution in [-0.2, 0) is 4.79 Å². The second kappa shape index (κ2) is 4.52. The Morgan fingerprint density at radius 1 is 1.21 bits per heavy atom. The molecule has 1 amide bonds. The summed E-state index contributed by atoms with van der Waals surface area (Å²) in [6, 6.07) is 0.529. The Bertz CT molecular complexity index is 209. The van der Waals surface area contributed by atoms with Crippen molar-refractivity contribution in [1.82, 2.24) is 4.90 Å². The van der Waals surface area contributed by atoms with Crippen LogP contribution in [0.2, 0.25) is 0 Å². The molecule has 14 heavy (non-hydrogen) atoms. The van der Waals surface area contributed by atoms with Crippen molar-refractivity contribution < 1.29 is 4.79 Å². The predicted octanol–water partition coefficient (Wildman–Crippen LogP) is 2.41. The fourth-order valence-corrected chi connectivity index (χ4v) is 2.54. The molecule has 0 aromatic rings. The molecule has 0 heterocycles. The third kappa shape index (κ3) is 2.22. The zero-order chi connectivity index (χ0) is 9.97. The third-order valence-electron chi connectivity index (χ3n) is 3.30. The zero-order valence-corrected chi connectivity index (χ0v) is 9.30. The van der Waals surface area contributed by atoms with Crippen molar-refractivity contribution in [3.8, 4) is 0 Å². The van der Waals surface area contributed by atoms with Crippen LogP contribution in [0.3, 0.4) is 0 Å². The molecule has 0 atom stereocenters. The molecule has 2 rings (SSSR count). The molecule has 0 unspecified atom stereocenters. The van der Waals surface area contributed by atoms with Crippen LogP contribution in [-0.4, -0.2) is 29.3 Å². The van der Waals surface area contributed by atoms with Crippen LogP contribution in [0.15, 0.2) is 0 Å². The number of rotatable bonds is 4. The Morgan fingerprint density at radius 3 is 2.36 bits per heavy atom. The molecule has 80 valence electrons. The summed E-state index contributed by atoms with van der Waals surface area (Å²) in [6.45, 7) is 0.752. The SMILES string of the molecule is O=C(C1CCCC1)N(CCCl)C1CC1. The Morgan fingerprint density at radius 2 is 1.86 bits per heavy atom. The molecule has 2 saturated carbocycles. The number of carbonyl (C=O) groups is 1. The summed E-state index contributed by atoms with van der Waals surface area (Å²) in [7, 11) is 0. The highest BCUT2D eigenvalue weighted by atomic mass is 35.5. The van der Waals surface area contributed by atoms with E-state index in [4.69, 9.17) is 11.6 Å². The molecule has 3 heteroatoms. The Balaban J connectivity index is 1.91. The highest BCUT2D eigenvalue weighted by molar-refractivity contribution is 6.18. The standard InChI is InChI=1S/C11H18ClNO/c12-7-8-13(10-5-6-10)11(14)9-3-1-2-4-9/h9-10H,1-8H2. The maximum atomic E-state index is 12.1. The van der Waals surface area contributed by atoms with Gasteiger partial charge in [-0.1, -0.05) is 12.8 Å². The number of hydrogen-bond donors (Lipinski definition) is 0. The third-order valence-corrected chi connectivity index (χ3v) is 3.47. The van der Waals surface area contributed by atoms with E-state index in [0.29, 0.717) is 23.7 Å². The topological polar surface area (TPSA) is 20.3 Å². The first-order chi connectivity index (χ1) is 6.83. The molecule has 0 N–H and O–H groups in total. The van der Waals surface area contributed by atoms with Gasteiger partial charge < -0.3 is 4.90 Å². The van der Waals surface area contributed by atoms with E-state index in [9.17, 15) is 4.79 Å². The van der Waals surface area contributed by atoms with Crippen LogP contribution >= 0.6 is 11.6 Å². The van der Waals surface area contributed by atoms with Crippen LogP contribution in [0.5, 0.6) is 0 Å². The number of carbonyl (C=O) groups excluding carboxylic acids is 1. The monoisotopic (exact) mass is 215 g/mol. The minimum atomic E-state index is 0.318. The van der Waals surface area contributed by atoms with Crippen molar-refractivity contribution in [1.29, 1.82) is 0 Å². The minimum absolute atomic E-state index is 0.318. The maximum absolute atomic E-state index is 12.1. The van der Waals surface area contributed by atoms with Crippen molar-refractivity contribution >= 4 is 17.5 Å². The number of halogens is 1. The smallest absolute Gasteiger partial charge is 0.225 e. The average molecular weight is 216 g/mol. The molecule has 2 fully saturated rings. The van der Waals surface area contributed by atoms with E-state index in [1.54, 1.807) is 0 Å². The lowest BCUT2D eigenvalue weighted by molar-refractivity contribution is -0.135. The van der Waals surface area contributed by atoms with E-state index in [1.807, 2.05) is 4.90 Å². The largest absolute Gasteiger partial charge is 0.338 e. The van der Waals surface area contributed by atoms with Crippen molar-refractivity contribution in [3.63, 3.8) is 0 Å². The summed E-state index contributed by atoms with van der Waals surface area (Å²) in [5.74, 6) is 1.28. The van der Waals surface area contributed by atoms with E-state index >= 15 is 0 Å². The summed E-state index contributed by atoms with van der Waals surface area (Å²) >= 11 is 5.72. The van der Waals surface area contributed by atoms with Crippen LogP contribution in [0.1, 0.15) is 38.5 Å². The summed E-state index contributed by atoms with van der Waals surface area (Å²) in [5, 5.41) is 0. The Kier molecular flexibility index (Phi) is 3.32. The molecule has 0 spiro atoms. The van der Waals surface area contributed by atoms with Crippen molar-refractivity contribution in [2.45, 2.75) is 44.6 Å². The molecule has 0 aromatic carbocycles. The highest BCUT2D eigenvalue weighted by Gasteiger charge is 2.35. The van der Waals surface area contributed by atoms with Gasteiger partial charge in [-0.25, -0.2) is 0 Å². The van der Waals surface area contributed by atoms with Gasteiger partial charge in [0.1, 0.15) is 0 Å². The molecule has 0 saturated heterocycles. The van der Waals surface area contributed by atoms with Gasteiger partial charge in [0.15, 0.2) is 0 Å². The summed E-state index contributed by atoms with van der Waals surface area (Å²) in [6.07, 6.45) is 7.05. The van der Waals surface area contributed by atoms with Crippen LogP contribution < -0.4 is 0 Å². The van der Waals surface area contributed by atoms with Crippen molar-refractivity contribution in [2.75, 3.05) is 12.4 Å². The van der Waals surface area contributed by atoms with Crippen LogP contribution in [0.25, 0.3) is 0 Å². The van der Waals surface area contributed by atoms with Gasteiger partial charge in [-0.15, -0.1) is 11.6 Å². The number of hydrogen-bond acceptors (Lipinski definition) is 1. The highest BCUT2D eigenvalue weighted by Crippen LogP contribution is 2.32. The van der Waals surface area contributed by atoms with E-state index in [1.165, 1.54) is 25.7 Å². The second-order valence-corrected chi connectivity index (χ2v) is 4.81. The second-order valence-electron chi connectivity index (χ2n) is 4.43. The van der Waals surface area contributed by atoms with E-state index in [-0.39, 0.29) is 0 Å². The lowest BCUT2D eigenvalue weighted by Crippen LogP contribution is -2.38. The van der Waals surface area contributed by atoms with Gasteiger partial charge in [0.25, 0.3) is 0 Å². The number of amides is 1. The maximum Gasteiger partial charge on any atom is 0.225 e. The molecule has 0 radical (unpaired) electrons. The predicted molar refractivity (Wildman–Crippen MR) is 57.4 cm³/mol.